The molecule has 0 aromatic rings. The molecule has 6 nitrogen and oxygen atoms in total. The Hall–Kier alpha value is -3.93. The Morgan fingerprint density at radius 2 is 0.580 bits per heavy atom. The normalized spacial score (nSPS) is 12.9. The maximum Gasteiger partial charge on any atom is 0.306 e. The average molecular weight is 958 g/mol. The van der Waals surface area contributed by atoms with Crippen LogP contribution in [-0.2, 0) is 28.6 Å². The van der Waals surface area contributed by atoms with E-state index in [4.69, 9.17) is 14.2 Å². The average Bonchev–Trinajstić information content (AvgIpc) is 3.35. The van der Waals surface area contributed by atoms with Gasteiger partial charge in [0.1, 0.15) is 13.2 Å². The van der Waals surface area contributed by atoms with Crippen molar-refractivity contribution in [3.8, 4) is 0 Å². The second-order valence-electron chi connectivity index (χ2n) is 18.5. The molecule has 0 heterocycles. The molecular formula is C63H104O6. The minimum Gasteiger partial charge on any atom is -0.462 e. The van der Waals surface area contributed by atoms with Gasteiger partial charge in [0.2, 0.25) is 0 Å². The first-order chi connectivity index (χ1) is 34.0. The predicted molar refractivity (Wildman–Crippen MR) is 297 cm³/mol. The zero-order chi connectivity index (χ0) is 50.0. The number of ether oxygens (including phenoxy) is 3. The van der Waals surface area contributed by atoms with Crippen molar-refractivity contribution in [2.24, 2.45) is 0 Å². The topological polar surface area (TPSA) is 78.9 Å². The van der Waals surface area contributed by atoms with Gasteiger partial charge in [0.05, 0.1) is 0 Å². The third kappa shape index (κ3) is 54.9. The van der Waals surface area contributed by atoms with E-state index in [0.717, 1.165) is 109 Å². The van der Waals surface area contributed by atoms with Crippen LogP contribution in [0.15, 0.2) is 109 Å². The number of hydrogen-bond donors (Lipinski definition) is 0. The Morgan fingerprint density at radius 1 is 0.304 bits per heavy atom. The van der Waals surface area contributed by atoms with E-state index in [1.165, 1.54) is 96.3 Å². The van der Waals surface area contributed by atoms with Crippen molar-refractivity contribution in [2.45, 2.75) is 258 Å². The van der Waals surface area contributed by atoms with E-state index >= 15 is 0 Å². The summed E-state index contributed by atoms with van der Waals surface area (Å²) in [5.74, 6) is -0.984. The van der Waals surface area contributed by atoms with Crippen LogP contribution in [0.5, 0.6) is 0 Å². The van der Waals surface area contributed by atoms with E-state index in [1.54, 1.807) is 0 Å². The fourth-order valence-corrected chi connectivity index (χ4v) is 7.48. The highest BCUT2D eigenvalue weighted by atomic mass is 16.6. The maximum atomic E-state index is 12.8. The van der Waals surface area contributed by atoms with Gasteiger partial charge in [-0.25, -0.2) is 0 Å². The van der Waals surface area contributed by atoms with Crippen LogP contribution in [0.4, 0.5) is 0 Å². The lowest BCUT2D eigenvalue weighted by Gasteiger charge is -2.18. The Kier molecular flexibility index (Phi) is 53.4. The fourth-order valence-electron chi connectivity index (χ4n) is 7.48. The summed E-state index contributed by atoms with van der Waals surface area (Å²) in [5.41, 5.74) is 0. The summed E-state index contributed by atoms with van der Waals surface area (Å²) < 4.78 is 16.8. The molecule has 0 aliphatic heterocycles. The number of hydrogen-bond acceptors (Lipinski definition) is 6. The number of carbonyl (C=O) groups excluding carboxylic acids is 3. The van der Waals surface area contributed by atoms with Crippen LogP contribution < -0.4 is 0 Å². The Labute approximate surface area is 425 Å². The second-order valence-corrected chi connectivity index (χ2v) is 18.5. The molecule has 0 fully saturated rings. The summed E-state index contributed by atoms with van der Waals surface area (Å²) in [6.07, 6.45) is 76.5. The van der Waals surface area contributed by atoms with Gasteiger partial charge in [-0.3, -0.25) is 14.4 Å². The molecule has 392 valence electrons. The minimum atomic E-state index is -0.812. The summed E-state index contributed by atoms with van der Waals surface area (Å²) in [7, 11) is 0. The SMILES string of the molecule is CC/C=C\C/C=C\C/C=C\C/C=C\C/C=C\CCCC(=O)OC[C@H](COC(=O)CCCCCCCCCCC/C=C\C/C=C\CCCCC)OC(=O)CCCCCCC/C=C\C/C=C\CCCCC. The van der Waals surface area contributed by atoms with Gasteiger partial charge in [-0.15, -0.1) is 0 Å². The molecular weight excluding hydrogens is 853 g/mol. The first-order valence-corrected chi connectivity index (χ1v) is 28.4. The summed E-state index contributed by atoms with van der Waals surface area (Å²) in [6.45, 7) is 6.41. The standard InChI is InChI=1S/C63H104O6/c1-4-7-10-13-16-19-22-25-28-30-31-33-36-38-41-44-47-50-53-56-62(65)68-59-60(69-63(66)57-54-51-48-45-42-39-34-27-24-21-18-15-12-9-6-3)58-67-61(64)55-52-49-46-43-40-37-35-32-29-26-23-20-17-14-11-8-5-2/h8,11,16-21,25-29,34-35,37,43,46,60H,4-7,9-10,12-15,22-24,30-33,36,38-42,44-45,47-59H2,1-3H3/b11-8-,19-16-,20-17-,21-18-,28-25-,29-26-,34-27-,37-35-,46-43-/t60-/m1/s1. The van der Waals surface area contributed by atoms with E-state index in [-0.39, 0.29) is 37.5 Å². The quantitative estimate of drug-likeness (QED) is 0.0262. The smallest absolute Gasteiger partial charge is 0.306 e. The maximum absolute atomic E-state index is 12.8. The molecule has 0 rings (SSSR count). The summed E-state index contributed by atoms with van der Waals surface area (Å²) in [4.78, 5) is 38.1. The molecule has 0 spiro atoms. The first-order valence-electron chi connectivity index (χ1n) is 28.4. The van der Waals surface area contributed by atoms with Gasteiger partial charge in [0.25, 0.3) is 0 Å². The molecule has 0 amide bonds. The summed E-state index contributed by atoms with van der Waals surface area (Å²) >= 11 is 0. The van der Waals surface area contributed by atoms with E-state index in [0.29, 0.717) is 19.3 Å². The number of carbonyl (C=O) groups is 3. The van der Waals surface area contributed by atoms with Gasteiger partial charge in [-0.1, -0.05) is 220 Å². The molecule has 1 atom stereocenters. The highest BCUT2D eigenvalue weighted by Crippen LogP contribution is 2.14. The lowest BCUT2D eigenvalue weighted by atomic mass is 10.1. The number of rotatable bonds is 50. The van der Waals surface area contributed by atoms with Crippen molar-refractivity contribution >= 4 is 17.9 Å². The molecule has 0 radical (unpaired) electrons. The molecule has 0 aromatic carbocycles. The molecule has 0 saturated carbocycles. The lowest BCUT2D eigenvalue weighted by Crippen LogP contribution is -2.30. The molecule has 0 unspecified atom stereocenters. The van der Waals surface area contributed by atoms with Crippen LogP contribution in [0.3, 0.4) is 0 Å². The minimum absolute atomic E-state index is 0.105. The molecule has 0 aliphatic carbocycles. The molecule has 0 saturated heterocycles. The number of esters is 3. The molecule has 69 heavy (non-hydrogen) atoms. The molecule has 0 N–H and O–H groups in total. The van der Waals surface area contributed by atoms with Crippen molar-refractivity contribution in [2.75, 3.05) is 13.2 Å². The first kappa shape index (κ1) is 65.1. The zero-order valence-electron chi connectivity index (χ0n) is 44.8. The van der Waals surface area contributed by atoms with Crippen molar-refractivity contribution in [3.63, 3.8) is 0 Å². The third-order valence-electron chi connectivity index (χ3n) is 11.7. The fraction of sp³-hybridized carbons (Fsp3) is 0.667. The molecule has 0 bridgehead atoms. The second kappa shape index (κ2) is 56.7. The van der Waals surface area contributed by atoms with Gasteiger partial charge in [-0.05, 0) is 122 Å². The van der Waals surface area contributed by atoms with Crippen molar-refractivity contribution < 1.29 is 28.6 Å². The van der Waals surface area contributed by atoms with E-state index in [1.807, 2.05) is 0 Å². The predicted octanol–water partition coefficient (Wildman–Crippen LogP) is 19.1. The van der Waals surface area contributed by atoms with Crippen molar-refractivity contribution in [1.29, 1.82) is 0 Å². The highest BCUT2D eigenvalue weighted by Gasteiger charge is 2.19. The van der Waals surface area contributed by atoms with Crippen LogP contribution in [0.1, 0.15) is 252 Å². The van der Waals surface area contributed by atoms with Crippen LogP contribution >= 0.6 is 0 Å². The van der Waals surface area contributed by atoms with Gasteiger partial charge in [0.15, 0.2) is 6.10 Å². The van der Waals surface area contributed by atoms with Gasteiger partial charge >= 0.3 is 17.9 Å². The monoisotopic (exact) mass is 957 g/mol. The van der Waals surface area contributed by atoms with E-state index in [2.05, 4.69) is 130 Å². The molecule has 0 aromatic heterocycles. The highest BCUT2D eigenvalue weighted by molar-refractivity contribution is 5.71. The van der Waals surface area contributed by atoms with Crippen molar-refractivity contribution in [1.82, 2.24) is 0 Å². The van der Waals surface area contributed by atoms with E-state index in [9.17, 15) is 14.4 Å². The Morgan fingerprint density at radius 3 is 0.942 bits per heavy atom. The number of unbranched alkanes of at least 4 members (excludes halogenated alkanes) is 21. The summed E-state index contributed by atoms with van der Waals surface area (Å²) in [5, 5.41) is 0. The molecule has 6 heteroatoms. The van der Waals surface area contributed by atoms with Crippen LogP contribution in [0, 0.1) is 0 Å². The van der Waals surface area contributed by atoms with Crippen molar-refractivity contribution in [3.05, 3.63) is 109 Å². The van der Waals surface area contributed by atoms with E-state index < -0.39 is 6.10 Å². The van der Waals surface area contributed by atoms with Crippen LogP contribution in [0.2, 0.25) is 0 Å². The molecule has 0 aliphatic rings. The third-order valence-corrected chi connectivity index (χ3v) is 11.7. The Balaban J connectivity index is 4.49. The number of allylic oxidation sites excluding steroid dienone is 18. The van der Waals surface area contributed by atoms with Crippen LogP contribution in [-0.4, -0.2) is 37.2 Å². The Bertz CT molecular complexity index is 1420. The zero-order valence-corrected chi connectivity index (χ0v) is 44.8. The lowest BCUT2D eigenvalue weighted by molar-refractivity contribution is -0.167. The summed E-state index contributed by atoms with van der Waals surface area (Å²) in [6, 6.07) is 0. The van der Waals surface area contributed by atoms with Gasteiger partial charge in [0, 0.05) is 19.3 Å². The van der Waals surface area contributed by atoms with Gasteiger partial charge in [-0.2, -0.15) is 0 Å². The largest absolute Gasteiger partial charge is 0.462 e. The van der Waals surface area contributed by atoms with Gasteiger partial charge < -0.3 is 14.2 Å². The van der Waals surface area contributed by atoms with Crippen LogP contribution in [0.25, 0.3) is 0 Å².